The van der Waals surface area contributed by atoms with Crippen molar-refractivity contribution in [3.8, 4) is 5.75 Å². The zero-order valence-corrected chi connectivity index (χ0v) is 16.2. The van der Waals surface area contributed by atoms with Gasteiger partial charge < -0.3 is 15.7 Å². The number of carbonyl (C=O) groups is 2. The second-order valence-corrected chi connectivity index (χ2v) is 7.97. The average Bonchev–Trinajstić information content (AvgIpc) is 2.99. The summed E-state index contributed by atoms with van der Waals surface area (Å²) in [5, 5.41) is 16.2. The Bertz CT molecular complexity index is 1200. The normalized spacial score (nSPS) is 17.0. The summed E-state index contributed by atoms with van der Waals surface area (Å²) in [6.07, 6.45) is 5.75. The van der Waals surface area contributed by atoms with Crippen LogP contribution in [-0.4, -0.2) is 21.9 Å². The molecule has 2 amide bonds. The number of hydrogen-bond acceptors (Lipinski definition) is 4. The van der Waals surface area contributed by atoms with E-state index in [9.17, 15) is 19.1 Å². The predicted octanol–water partition coefficient (Wildman–Crippen LogP) is 4.49. The van der Waals surface area contributed by atoms with Gasteiger partial charge in [-0.25, -0.2) is 9.37 Å². The standard InChI is InChI=1S/C23H20FN3O3/c24-16-6-4-5-14-19(18(28)12-25-20(14)16)21(29)26-13-7-8-17-15(11-13)23(22(30)27-17)9-2-1-3-10-23/h4-8,11-12,28H,1-3,9-10H2,(H,26,29)(H,27,30). The van der Waals surface area contributed by atoms with E-state index in [0.29, 0.717) is 5.69 Å². The Morgan fingerprint density at radius 2 is 1.97 bits per heavy atom. The molecule has 7 heteroatoms. The number of hydrogen-bond donors (Lipinski definition) is 3. The predicted molar refractivity (Wildman–Crippen MR) is 111 cm³/mol. The Hall–Kier alpha value is -3.48. The molecule has 3 N–H and O–H groups in total. The van der Waals surface area contributed by atoms with Gasteiger partial charge in [0.1, 0.15) is 17.1 Å². The zero-order valence-electron chi connectivity index (χ0n) is 16.2. The molecule has 152 valence electrons. The summed E-state index contributed by atoms with van der Waals surface area (Å²) in [6.45, 7) is 0. The highest BCUT2D eigenvalue weighted by Crippen LogP contribution is 2.48. The van der Waals surface area contributed by atoms with Gasteiger partial charge in [0.15, 0.2) is 0 Å². The number of nitrogens with one attached hydrogen (secondary N) is 2. The van der Waals surface area contributed by atoms with E-state index in [1.54, 1.807) is 18.2 Å². The van der Waals surface area contributed by atoms with Gasteiger partial charge >= 0.3 is 0 Å². The van der Waals surface area contributed by atoms with Crippen molar-refractivity contribution in [2.45, 2.75) is 37.5 Å². The van der Waals surface area contributed by atoms with Gasteiger partial charge in [-0.3, -0.25) is 9.59 Å². The molecule has 0 unspecified atom stereocenters. The van der Waals surface area contributed by atoms with E-state index in [4.69, 9.17) is 0 Å². The van der Waals surface area contributed by atoms with Crippen LogP contribution >= 0.6 is 0 Å². The summed E-state index contributed by atoms with van der Waals surface area (Å²) in [7, 11) is 0. The molecule has 2 aromatic carbocycles. The van der Waals surface area contributed by atoms with Crippen LogP contribution in [0.25, 0.3) is 10.9 Å². The molecule has 1 saturated carbocycles. The largest absolute Gasteiger partial charge is 0.505 e. The van der Waals surface area contributed by atoms with E-state index in [0.717, 1.165) is 49.6 Å². The third-order valence-electron chi connectivity index (χ3n) is 6.24. The van der Waals surface area contributed by atoms with Crippen LogP contribution in [0.5, 0.6) is 5.75 Å². The lowest BCUT2D eigenvalue weighted by atomic mass is 9.70. The average molecular weight is 405 g/mol. The van der Waals surface area contributed by atoms with Crippen LogP contribution in [0.1, 0.15) is 48.0 Å². The number of para-hydroxylation sites is 1. The van der Waals surface area contributed by atoms with Crippen molar-refractivity contribution < 1.29 is 19.1 Å². The van der Waals surface area contributed by atoms with Crippen molar-refractivity contribution >= 4 is 34.1 Å². The number of benzene rings is 2. The highest BCUT2D eigenvalue weighted by molar-refractivity contribution is 6.14. The Morgan fingerprint density at radius 1 is 1.17 bits per heavy atom. The van der Waals surface area contributed by atoms with Crippen molar-refractivity contribution in [3.63, 3.8) is 0 Å². The molecule has 2 heterocycles. The number of halogens is 1. The van der Waals surface area contributed by atoms with Crippen molar-refractivity contribution in [3.05, 3.63) is 59.5 Å². The first-order valence-corrected chi connectivity index (χ1v) is 10.0. The van der Waals surface area contributed by atoms with Crippen LogP contribution in [0.2, 0.25) is 0 Å². The van der Waals surface area contributed by atoms with Crippen molar-refractivity contribution in [1.82, 2.24) is 4.98 Å². The van der Waals surface area contributed by atoms with Gasteiger partial charge in [-0.05, 0) is 42.7 Å². The van der Waals surface area contributed by atoms with Gasteiger partial charge in [0.2, 0.25) is 5.91 Å². The number of aromatic nitrogens is 1. The molecule has 1 aliphatic heterocycles. The fourth-order valence-corrected chi connectivity index (χ4v) is 4.75. The second-order valence-electron chi connectivity index (χ2n) is 7.97. The Balaban J connectivity index is 1.52. The third-order valence-corrected chi connectivity index (χ3v) is 6.24. The van der Waals surface area contributed by atoms with Gasteiger partial charge in [-0.1, -0.05) is 31.4 Å². The van der Waals surface area contributed by atoms with Crippen LogP contribution in [0.4, 0.5) is 15.8 Å². The maximum Gasteiger partial charge on any atom is 0.260 e. The second kappa shape index (κ2) is 6.79. The maximum atomic E-state index is 14.1. The molecular weight excluding hydrogens is 385 g/mol. The Labute approximate surface area is 172 Å². The summed E-state index contributed by atoms with van der Waals surface area (Å²) >= 11 is 0. The van der Waals surface area contributed by atoms with Gasteiger partial charge in [0, 0.05) is 16.8 Å². The minimum atomic E-state index is -0.569. The van der Waals surface area contributed by atoms with Crippen molar-refractivity contribution in [2.75, 3.05) is 10.6 Å². The van der Waals surface area contributed by atoms with Gasteiger partial charge in [0.25, 0.3) is 5.91 Å². The summed E-state index contributed by atoms with van der Waals surface area (Å²) in [5.74, 6) is -1.44. The van der Waals surface area contributed by atoms with E-state index in [-0.39, 0.29) is 28.1 Å². The summed E-state index contributed by atoms with van der Waals surface area (Å²) in [5.41, 5.74) is 1.63. The van der Waals surface area contributed by atoms with E-state index >= 15 is 0 Å². The first kappa shape index (κ1) is 18.5. The fraction of sp³-hybridized carbons (Fsp3) is 0.261. The van der Waals surface area contributed by atoms with Crippen molar-refractivity contribution in [1.29, 1.82) is 0 Å². The van der Waals surface area contributed by atoms with Crippen molar-refractivity contribution in [2.24, 2.45) is 0 Å². The zero-order chi connectivity index (χ0) is 20.9. The number of nitrogens with zero attached hydrogens (tertiary/aromatic N) is 1. The summed E-state index contributed by atoms with van der Waals surface area (Å²) in [4.78, 5) is 29.6. The van der Waals surface area contributed by atoms with Crippen LogP contribution < -0.4 is 10.6 Å². The molecule has 30 heavy (non-hydrogen) atoms. The summed E-state index contributed by atoms with van der Waals surface area (Å²) < 4.78 is 14.1. The maximum absolute atomic E-state index is 14.1. The molecule has 1 spiro atoms. The smallest absolute Gasteiger partial charge is 0.260 e. The molecule has 0 atom stereocenters. The minimum Gasteiger partial charge on any atom is -0.505 e. The lowest BCUT2D eigenvalue weighted by Crippen LogP contribution is -2.36. The first-order chi connectivity index (χ1) is 14.5. The first-order valence-electron chi connectivity index (χ1n) is 10.0. The van der Waals surface area contributed by atoms with E-state index < -0.39 is 17.1 Å². The monoisotopic (exact) mass is 405 g/mol. The van der Waals surface area contributed by atoms with Gasteiger partial charge in [0.05, 0.1) is 17.2 Å². The van der Waals surface area contributed by atoms with Gasteiger partial charge in [-0.15, -0.1) is 0 Å². The molecule has 1 aliphatic carbocycles. The van der Waals surface area contributed by atoms with Crippen LogP contribution in [0.3, 0.4) is 0 Å². The Morgan fingerprint density at radius 3 is 2.77 bits per heavy atom. The van der Waals surface area contributed by atoms with Crippen LogP contribution in [-0.2, 0) is 10.2 Å². The van der Waals surface area contributed by atoms with Crippen LogP contribution in [0.15, 0.2) is 42.6 Å². The number of fused-ring (bicyclic) bond motifs is 3. The molecule has 0 radical (unpaired) electrons. The lowest BCUT2D eigenvalue weighted by Gasteiger charge is -2.31. The molecule has 6 nitrogen and oxygen atoms in total. The van der Waals surface area contributed by atoms with E-state index in [1.165, 1.54) is 12.1 Å². The highest BCUT2D eigenvalue weighted by atomic mass is 19.1. The quantitative estimate of drug-likeness (QED) is 0.586. The molecule has 0 saturated heterocycles. The molecule has 1 aromatic heterocycles. The molecule has 1 fully saturated rings. The molecular formula is C23H20FN3O3. The van der Waals surface area contributed by atoms with Gasteiger partial charge in [-0.2, -0.15) is 0 Å². The minimum absolute atomic E-state index is 0.0189. The SMILES string of the molecule is O=C(Nc1ccc2c(c1)C1(CCCCC1)C(=O)N2)c1c(O)cnc2c(F)cccc12. The third kappa shape index (κ3) is 2.73. The Kier molecular flexibility index (Phi) is 4.20. The number of rotatable bonds is 2. The molecule has 2 aliphatic rings. The van der Waals surface area contributed by atoms with E-state index in [2.05, 4.69) is 15.6 Å². The molecule has 3 aromatic rings. The number of anilines is 2. The number of pyridine rings is 1. The molecule has 5 rings (SSSR count). The topological polar surface area (TPSA) is 91.3 Å². The lowest BCUT2D eigenvalue weighted by molar-refractivity contribution is -0.121. The van der Waals surface area contributed by atoms with E-state index in [1.807, 2.05) is 6.07 Å². The molecule has 0 bridgehead atoms. The fourth-order valence-electron chi connectivity index (χ4n) is 4.75. The van der Waals surface area contributed by atoms with Crippen LogP contribution in [0, 0.1) is 5.82 Å². The number of aromatic hydroxyl groups is 1. The highest BCUT2D eigenvalue weighted by Gasteiger charge is 2.47. The number of amides is 2. The number of carbonyl (C=O) groups excluding carboxylic acids is 2. The summed E-state index contributed by atoms with van der Waals surface area (Å²) in [6, 6.07) is 9.59.